The van der Waals surface area contributed by atoms with Crippen molar-refractivity contribution in [1.29, 1.82) is 0 Å². The van der Waals surface area contributed by atoms with Gasteiger partial charge in [0.25, 0.3) is 0 Å². The normalized spacial score (nSPS) is 10.8. The van der Waals surface area contributed by atoms with Gasteiger partial charge in [0.05, 0.1) is 5.69 Å². The number of rotatable bonds is 6. The van der Waals surface area contributed by atoms with Crippen LogP contribution in [-0.4, -0.2) is 28.3 Å². The lowest BCUT2D eigenvalue weighted by Gasteiger charge is -2.19. The average Bonchev–Trinajstić information content (AvgIpc) is 2.25. The molecule has 0 fully saturated rings. The minimum atomic E-state index is 0.963. The van der Waals surface area contributed by atoms with Crippen molar-refractivity contribution < 1.29 is 0 Å². The van der Waals surface area contributed by atoms with Gasteiger partial charge in [0.1, 0.15) is 0 Å². The first-order valence-electron chi connectivity index (χ1n) is 5.05. The number of hydrogen-bond donors (Lipinski definition) is 0. The van der Waals surface area contributed by atoms with Crippen molar-refractivity contribution in [3.63, 3.8) is 0 Å². The molecule has 0 saturated carbocycles. The zero-order valence-corrected chi connectivity index (χ0v) is 10.2. The summed E-state index contributed by atoms with van der Waals surface area (Å²) in [6.07, 6.45) is 3.05. The van der Waals surface area contributed by atoms with Gasteiger partial charge < -0.3 is 0 Å². The third kappa shape index (κ3) is 4.20. The van der Waals surface area contributed by atoms with Gasteiger partial charge in [0.15, 0.2) is 0 Å². The summed E-state index contributed by atoms with van der Waals surface area (Å²) in [5.41, 5.74) is 1.16. The molecule has 0 aliphatic heterocycles. The molecule has 1 aromatic rings. The molecule has 14 heavy (non-hydrogen) atoms. The molecule has 0 aliphatic rings. The van der Waals surface area contributed by atoms with Gasteiger partial charge in [-0.1, -0.05) is 28.9 Å². The highest BCUT2D eigenvalue weighted by atomic mass is 79.9. The van der Waals surface area contributed by atoms with Gasteiger partial charge in [0.2, 0.25) is 0 Å². The van der Waals surface area contributed by atoms with Crippen LogP contribution >= 0.6 is 15.9 Å². The minimum absolute atomic E-state index is 0.963. The number of hydrogen-bond acceptors (Lipinski definition) is 2. The lowest BCUT2D eigenvalue weighted by atomic mass is 10.3. The fraction of sp³-hybridized carbons (Fsp3) is 0.545. The molecule has 1 aromatic heterocycles. The van der Waals surface area contributed by atoms with Crippen LogP contribution in [0.1, 0.15) is 19.0 Å². The van der Waals surface area contributed by atoms with Crippen molar-refractivity contribution >= 4 is 15.9 Å². The Balaban J connectivity index is 2.40. The summed E-state index contributed by atoms with van der Waals surface area (Å²) >= 11 is 3.45. The van der Waals surface area contributed by atoms with E-state index in [2.05, 4.69) is 38.8 Å². The van der Waals surface area contributed by atoms with Crippen LogP contribution in [0.15, 0.2) is 24.4 Å². The molecular formula is C11H17BrN2. The van der Waals surface area contributed by atoms with E-state index in [1.165, 1.54) is 6.42 Å². The molecule has 0 atom stereocenters. The Labute approximate surface area is 94.5 Å². The van der Waals surface area contributed by atoms with E-state index in [1.807, 2.05) is 18.3 Å². The summed E-state index contributed by atoms with van der Waals surface area (Å²) in [5, 5.41) is 1.08. The van der Waals surface area contributed by atoms with Gasteiger partial charge in [-0.25, -0.2) is 0 Å². The summed E-state index contributed by atoms with van der Waals surface area (Å²) < 4.78 is 0. The largest absolute Gasteiger partial charge is 0.298 e. The third-order valence-corrected chi connectivity index (χ3v) is 2.73. The maximum atomic E-state index is 4.32. The van der Waals surface area contributed by atoms with Gasteiger partial charge in [0, 0.05) is 18.1 Å². The first-order chi connectivity index (χ1) is 6.86. The molecule has 0 radical (unpaired) electrons. The zero-order valence-electron chi connectivity index (χ0n) is 8.62. The molecule has 0 amide bonds. The second kappa shape index (κ2) is 6.96. The lowest BCUT2D eigenvalue weighted by molar-refractivity contribution is 0.278. The van der Waals surface area contributed by atoms with Crippen molar-refractivity contribution in [3.05, 3.63) is 30.1 Å². The zero-order chi connectivity index (χ0) is 10.2. The van der Waals surface area contributed by atoms with Gasteiger partial charge in [-0.2, -0.15) is 0 Å². The molecule has 0 aliphatic carbocycles. The van der Waals surface area contributed by atoms with Crippen LogP contribution < -0.4 is 0 Å². The summed E-state index contributed by atoms with van der Waals surface area (Å²) in [7, 11) is 0. The Kier molecular flexibility index (Phi) is 5.80. The molecule has 1 rings (SSSR count). The number of alkyl halides is 1. The van der Waals surface area contributed by atoms with Crippen LogP contribution in [-0.2, 0) is 6.54 Å². The average molecular weight is 257 g/mol. The highest BCUT2D eigenvalue weighted by Crippen LogP contribution is 2.02. The highest BCUT2D eigenvalue weighted by molar-refractivity contribution is 9.09. The van der Waals surface area contributed by atoms with Crippen LogP contribution in [0.5, 0.6) is 0 Å². The Hall–Kier alpha value is -0.410. The van der Waals surface area contributed by atoms with Gasteiger partial charge in [-0.3, -0.25) is 9.88 Å². The number of halogens is 1. The fourth-order valence-electron chi connectivity index (χ4n) is 1.35. The van der Waals surface area contributed by atoms with E-state index in [4.69, 9.17) is 0 Å². The van der Waals surface area contributed by atoms with Crippen molar-refractivity contribution in [3.8, 4) is 0 Å². The molecule has 3 heteroatoms. The standard InChI is InChI=1S/C11H17BrN2/c1-2-14(9-5-7-12)10-11-6-3-4-8-13-11/h3-4,6,8H,2,5,7,9-10H2,1H3. The van der Waals surface area contributed by atoms with E-state index in [-0.39, 0.29) is 0 Å². The van der Waals surface area contributed by atoms with Crippen molar-refractivity contribution in [2.75, 3.05) is 18.4 Å². The van der Waals surface area contributed by atoms with E-state index >= 15 is 0 Å². The van der Waals surface area contributed by atoms with Gasteiger partial charge in [-0.05, 0) is 31.6 Å². The molecule has 0 bridgehead atoms. The first-order valence-corrected chi connectivity index (χ1v) is 6.17. The van der Waals surface area contributed by atoms with E-state index < -0.39 is 0 Å². The number of pyridine rings is 1. The first kappa shape index (κ1) is 11.7. The van der Waals surface area contributed by atoms with E-state index in [9.17, 15) is 0 Å². The Morgan fingerprint density at radius 3 is 2.86 bits per heavy atom. The molecule has 0 N–H and O–H groups in total. The van der Waals surface area contributed by atoms with Crippen LogP contribution in [0.2, 0.25) is 0 Å². The maximum Gasteiger partial charge on any atom is 0.0543 e. The summed E-state index contributed by atoms with van der Waals surface area (Å²) in [4.78, 5) is 6.73. The second-order valence-electron chi connectivity index (χ2n) is 3.23. The fourth-order valence-corrected chi connectivity index (χ4v) is 1.60. The Morgan fingerprint density at radius 2 is 2.29 bits per heavy atom. The molecule has 2 nitrogen and oxygen atoms in total. The molecule has 0 unspecified atom stereocenters. The van der Waals surface area contributed by atoms with Crippen LogP contribution in [0, 0.1) is 0 Å². The summed E-state index contributed by atoms with van der Waals surface area (Å²) in [6.45, 7) is 5.38. The van der Waals surface area contributed by atoms with Crippen LogP contribution in [0.4, 0.5) is 0 Å². The Morgan fingerprint density at radius 1 is 1.43 bits per heavy atom. The van der Waals surface area contributed by atoms with Crippen LogP contribution in [0.3, 0.4) is 0 Å². The number of nitrogens with zero attached hydrogens (tertiary/aromatic N) is 2. The van der Waals surface area contributed by atoms with E-state index in [0.29, 0.717) is 0 Å². The van der Waals surface area contributed by atoms with Crippen molar-refractivity contribution in [2.45, 2.75) is 19.9 Å². The topological polar surface area (TPSA) is 16.1 Å². The molecule has 0 saturated heterocycles. The second-order valence-corrected chi connectivity index (χ2v) is 4.03. The summed E-state index contributed by atoms with van der Waals surface area (Å²) in [6, 6.07) is 6.08. The predicted molar refractivity (Wildman–Crippen MR) is 63.6 cm³/mol. The smallest absolute Gasteiger partial charge is 0.0543 e. The molecule has 0 aromatic carbocycles. The van der Waals surface area contributed by atoms with Crippen molar-refractivity contribution in [2.24, 2.45) is 0 Å². The van der Waals surface area contributed by atoms with E-state index in [0.717, 1.165) is 30.7 Å². The Bertz CT molecular complexity index is 238. The van der Waals surface area contributed by atoms with Gasteiger partial charge >= 0.3 is 0 Å². The van der Waals surface area contributed by atoms with Crippen LogP contribution in [0.25, 0.3) is 0 Å². The molecule has 78 valence electrons. The monoisotopic (exact) mass is 256 g/mol. The minimum Gasteiger partial charge on any atom is -0.298 e. The molecular weight excluding hydrogens is 240 g/mol. The van der Waals surface area contributed by atoms with Crippen molar-refractivity contribution in [1.82, 2.24) is 9.88 Å². The summed E-state index contributed by atoms with van der Waals surface area (Å²) in [5.74, 6) is 0. The maximum absolute atomic E-state index is 4.32. The predicted octanol–water partition coefficient (Wildman–Crippen LogP) is 2.69. The quantitative estimate of drug-likeness (QED) is 0.728. The lowest BCUT2D eigenvalue weighted by Crippen LogP contribution is -2.24. The SMILES string of the molecule is CCN(CCCBr)Cc1ccccn1. The third-order valence-electron chi connectivity index (χ3n) is 2.17. The number of aromatic nitrogens is 1. The van der Waals surface area contributed by atoms with Gasteiger partial charge in [-0.15, -0.1) is 0 Å². The van der Waals surface area contributed by atoms with E-state index in [1.54, 1.807) is 0 Å². The molecule has 0 spiro atoms. The molecule has 1 heterocycles. The highest BCUT2D eigenvalue weighted by Gasteiger charge is 2.02.